The van der Waals surface area contributed by atoms with Gasteiger partial charge in [0.2, 0.25) is 0 Å². The fourth-order valence-electron chi connectivity index (χ4n) is 9.51. The van der Waals surface area contributed by atoms with Crippen LogP contribution in [0.3, 0.4) is 0 Å². The summed E-state index contributed by atoms with van der Waals surface area (Å²) in [5.74, 6) is 1.83. The summed E-state index contributed by atoms with van der Waals surface area (Å²) in [7, 11) is 0. The molecule has 0 unspecified atom stereocenters. The first-order valence-electron chi connectivity index (χ1n) is 20.5. The van der Waals surface area contributed by atoms with Crippen LogP contribution in [0.1, 0.15) is 0 Å². The van der Waals surface area contributed by atoms with Crippen molar-refractivity contribution in [3.05, 3.63) is 200 Å². The Hall–Kier alpha value is -8.35. The molecule has 0 atom stereocenters. The zero-order valence-electron chi connectivity index (χ0n) is 32.7. The monoisotopic (exact) mass is 779 g/mol. The van der Waals surface area contributed by atoms with Crippen LogP contribution in [-0.2, 0) is 0 Å². The lowest BCUT2D eigenvalue weighted by atomic mass is 9.98. The summed E-state index contributed by atoms with van der Waals surface area (Å²) in [5.41, 5.74) is 11.1. The molecule has 0 aliphatic carbocycles. The molecule has 61 heavy (non-hydrogen) atoms. The van der Waals surface area contributed by atoms with Crippen LogP contribution in [0.4, 0.5) is 0 Å². The Morgan fingerprint density at radius 2 is 0.885 bits per heavy atom. The van der Waals surface area contributed by atoms with Crippen LogP contribution in [0.15, 0.2) is 205 Å². The van der Waals surface area contributed by atoms with Gasteiger partial charge in [0.15, 0.2) is 17.5 Å². The van der Waals surface area contributed by atoms with Crippen LogP contribution in [0.25, 0.3) is 122 Å². The van der Waals surface area contributed by atoms with Crippen molar-refractivity contribution in [1.29, 1.82) is 0 Å². The average molecular weight is 780 g/mol. The maximum Gasteiger partial charge on any atom is 0.164 e. The summed E-state index contributed by atoms with van der Waals surface area (Å²) >= 11 is 0. The molecule has 13 aromatic rings. The number of rotatable bonds is 5. The predicted molar refractivity (Wildman–Crippen MR) is 250 cm³/mol. The Bertz CT molecular complexity index is 3810. The Morgan fingerprint density at radius 3 is 1.59 bits per heavy atom. The van der Waals surface area contributed by atoms with Gasteiger partial charge in [0, 0.05) is 66.4 Å². The molecule has 6 heteroatoms. The van der Waals surface area contributed by atoms with E-state index in [4.69, 9.17) is 19.4 Å². The summed E-state index contributed by atoms with van der Waals surface area (Å²) in [6, 6.07) is 70.1. The van der Waals surface area contributed by atoms with Gasteiger partial charge in [-0.1, -0.05) is 146 Å². The highest BCUT2D eigenvalue weighted by molar-refractivity contribution is 6.27. The number of para-hydroxylation sites is 3. The number of hydrogen-bond acceptors (Lipinski definition) is 4. The van der Waals surface area contributed by atoms with Crippen LogP contribution >= 0.6 is 0 Å². The van der Waals surface area contributed by atoms with Gasteiger partial charge in [-0.2, -0.15) is 0 Å². The number of furan rings is 1. The summed E-state index contributed by atoms with van der Waals surface area (Å²) in [6.45, 7) is 0. The molecule has 0 aliphatic rings. The van der Waals surface area contributed by atoms with Crippen molar-refractivity contribution in [3.63, 3.8) is 0 Å². The highest BCUT2D eigenvalue weighted by atomic mass is 16.3. The van der Waals surface area contributed by atoms with E-state index >= 15 is 0 Å². The largest absolute Gasteiger partial charge is 0.456 e. The molecule has 0 saturated carbocycles. The van der Waals surface area contributed by atoms with Gasteiger partial charge in [0.25, 0.3) is 0 Å². The van der Waals surface area contributed by atoms with Crippen molar-refractivity contribution in [1.82, 2.24) is 24.1 Å². The quantitative estimate of drug-likeness (QED) is 0.175. The number of aromatic nitrogens is 5. The average Bonchev–Trinajstić information content (AvgIpc) is 3.99. The molecule has 0 saturated heterocycles. The Morgan fingerprint density at radius 1 is 0.328 bits per heavy atom. The molecule has 0 aliphatic heterocycles. The second-order valence-electron chi connectivity index (χ2n) is 15.6. The molecule has 0 bridgehead atoms. The van der Waals surface area contributed by atoms with Gasteiger partial charge in [-0.05, 0) is 59.3 Å². The molecule has 0 radical (unpaired) electrons. The minimum absolute atomic E-state index is 0.593. The Kier molecular flexibility index (Phi) is 7.21. The van der Waals surface area contributed by atoms with E-state index in [2.05, 4.69) is 149 Å². The molecule has 6 nitrogen and oxygen atoms in total. The lowest BCUT2D eigenvalue weighted by Gasteiger charge is -2.11. The second-order valence-corrected chi connectivity index (χ2v) is 15.6. The third kappa shape index (κ3) is 5.06. The van der Waals surface area contributed by atoms with Crippen molar-refractivity contribution >= 4 is 76.3 Å². The van der Waals surface area contributed by atoms with Gasteiger partial charge >= 0.3 is 0 Å². The van der Waals surface area contributed by atoms with E-state index in [1.165, 1.54) is 32.6 Å². The summed E-state index contributed by atoms with van der Waals surface area (Å²) in [4.78, 5) is 15.2. The maximum atomic E-state index is 6.95. The molecule has 4 aromatic heterocycles. The third-order valence-electron chi connectivity index (χ3n) is 12.1. The van der Waals surface area contributed by atoms with Gasteiger partial charge in [-0.15, -0.1) is 0 Å². The topological polar surface area (TPSA) is 61.7 Å². The van der Waals surface area contributed by atoms with Gasteiger partial charge in [-0.25, -0.2) is 15.0 Å². The van der Waals surface area contributed by atoms with E-state index in [1.54, 1.807) is 0 Å². The smallest absolute Gasteiger partial charge is 0.164 e. The van der Waals surface area contributed by atoms with Crippen LogP contribution < -0.4 is 0 Å². The molecule has 13 rings (SSSR count). The van der Waals surface area contributed by atoms with Crippen LogP contribution in [0.5, 0.6) is 0 Å². The molecule has 0 fully saturated rings. The lowest BCUT2D eigenvalue weighted by molar-refractivity contribution is 0.669. The summed E-state index contributed by atoms with van der Waals surface area (Å²) < 4.78 is 11.8. The number of hydrogen-bond donors (Lipinski definition) is 0. The van der Waals surface area contributed by atoms with Crippen LogP contribution in [0, 0.1) is 0 Å². The van der Waals surface area contributed by atoms with Gasteiger partial charge < -0.3 is 13.6 Å². The lowest BCUT2D eigenvalue weighted by Crippen LogP contribution is -2.00. The maximum absolute atomic E-state index is 6.95. The zero-order chi connectivity index (χ0) is 40.0. The van der Waals surface area contributed by atoms with Crippen molar-refractivity contribution in [2.24, 2.45) is 0 Å². The first-order valence-corrected chi connectivity index (χ1v) is 20.5. The Labute approximate surface area is 349 Å². The first kappa shape index (κ1) is 33.6. The second kappa shape index (κ2) is 13.1. The van der Waals surface area contributed by atoms with Gasteiger partial charge in [-0.3, -0.25) is 0 Å². The van der Waals surface area contributed by atoms with E-state index in [0.29, 0.717) is 17.5 Å². The van der Waals surface area contributed by atoms with Crippen molar-refractivity contribution in [2.75, 3.05) is 0 Å². The van der Waals surface area contributed by atoms with Crippen LogP contribution in [0.2, 0.25) is 0 Å². The molecule has 0 N–H and O–H groups in total. The fraction of sp³-hybridized carbons (Fsp3) is 0. The van der Waals surface area contributed by atoms with E-state index in [-0.39, 0.29) is 0 Å². The molecule has 9 aromatic carbocycles. The van der Waals surface area contributed by atoms with Gasteiger partial charge in [0.1, 0.15) is 11.2 Å². The summed E-state index contributed by atoms with van der Waals surface area (Å²) in [5, 5.41) is 9.09. The molecule has 284 valence electrons. The summed E-state index contributed by atoms with van der Waals surface area (Å²) in [6.07, 6.45) is 0. The third-order valence-corrected chi connectivity index (χ3v) is 12.1. The van der Waals surface area contributed by atoms with Crippen LogP contribution in [-0.4, -0.2) is 24.1 Å². The van der Waals surface area contributed by atoms with E-state index in [0.717, 1.165) is 71.8 Å². The molecular formula is C55H33N5O. The normalized spacial score (nSPS) is 11.9. The Balaban J connectivity index is 1.06. The van der Waals surface area contributed by atoms with Gasteiger partial charge in [0.05, 0.1) is 22.1 Å². The van der Waals surface area contributed by atoms with E-state index < -0.39 is 0 Å². The number of benzene rings is 9. The molecule has 4 heterocycles. The highest BCUT2D eigenvalue weighted by Gasteiger charge is 2.23. The number of nitrogens with zero attached hydrogens (tertiary/aromatic N) is 5. The fourth-order valence-corrected chi connectivity index (χ4v) is 9.51. The van der Waals surface area contributed by atoms with Crippen molar-refractivity contribution < 1.29 is 4.42 Å². The minimum Gasteiger partial charge on any atom is -0.456 e. The molecule has 0 amide bonds. The molecular weight excluding hydrogens is 747 g/mol. The first-order chi connectivity index (χ1) is 30.3. The van der Waals surface area contributed by atoms with Crippen molar-refractivity contribution in [3.8, 4) is 45.5 Å². The number of fused-ring (bicyclic) bond motifs is 12. The SMILES string of the molecule is c1ccc(-c2nc(-c3ccccc3)nc(-c3cc4oc5cc(-n6c7ccccc7c7ccc8c(c9ccccc9n8-c8ccccc8)c76)ccc5c4c4ccccc34)n2)cc1. The predicted octanol–water partition coefficient (Wildman–Crippen LogP) is 14.1. The zero-order valence-corrected chi connectivity index (χ0v) is 32.7. The van der Waals surface area contributed by atoms with Crippen molar-refractivity contribution in [2.45, 2.75) is 0 Å². The molecule has 0 spiro atoms. The minimum atomic E-state index is 0.593. The van der Waals surface area contributed by atoms with E-state index in [1.807, 2.05) is 60.7 Å². The highest BCUT2D eigenvalue weighted by Crippen LogP contribution is 2.44. The standard InChI is InChI=1S/C55H33N5O/c1-4-16-34(17-5-1)53-56-54(35-18-6-2-7-19-35)58-55(57-53)44-33-49-50(40-24-11-10-22-38(40)44)43-29-28-37(32-48(43)61-49)60-45-26-14-12-23-39(45)41-30-31-47-51(52(41)60)42-25-13-15-27-46(42)59(47)36-20-8-3-9-21-36/h1-33H. The van der Waals surface area contributed by atoms with E-state index in [9.17, 15) is 0 Å².